The Morgan fingerprint density at radius 3 is 1.63 bits per heavy atom. The lowest BCUT2D eigenvalue weighted by molar-refractivity contribution is -0.123. The molecule has 19 nitrogen and oxygen atoms in total. The number of carbonyl (C=O) groups is 2. The predicted molar refractivity (Wildman–Crippen MR) is 293 cm³/mol. The molecule has 22 heteroatoms. The van der Waals surface area contributed by atoms with Gasteiger partial charge in [-0.15, -0.1) is 20.4 Å². The van der Waals surface area contributed by atoms with Crippen molar-refractivity contribution in [3.05, 3.63) is 107 Å². The van der Waals surface area contributed by atoms with E-state index in [0.29, 0.717) is 54.0 Å². The number of halogens is 3. The number of alkyl halides is 3. The Labute approximate surface area is 454 Å². The van der Waals surface area contributed by atoms with E-state index in [1.54, 1.807) is 35.9 Å². The number of likely N-dealkylation sites (N-methyl/N-ethyl adjacent to an activating group) is 1. The molecule has 0 bridgehead atoms. The van der Waals surface area contributed by atoms with Gasteiger partial charge in [-0.05, 0) is 91.4 Å². The van der Waals surface area contributed by atoms with Gasteiger partial charge in [-0.25, -0.2) is 0 Å². The lowest BCUT2D eigenvalue weighted by Gasteiger charge is -2.30. The van der Waals surface area contributed by atoms with Crippen molar-refractivity contribution >= 4 is 18.0 Å². The summed E-state index contributed by atoms with van der Waals surface area (Å²) in [7, 11) is 5.18. The van der Waals surface area contributed by atoms with Gasteiger partial charge in [0.15, 0.2) is 11.6 Å². The van der Waals surface area contributed by atoms with Crippen molar-refractivity contribution in [2.75, 3.05) is 80.3 Å². The summed E-state index contributed by atoms with van der Waals surface area (Å²) < 4.78 is 57.7. The van der Waals surface area contributed by atoms with E-state index >= 15 is 0 Å². The van der Waals surface area contributed by atoms with Crippen molar-refractivity contribution < 1.29 is 47.2 Å². The van der Waals surface area contributed by atoms with E-state index in [1.807, 2.05) is 109 Å². The molecular weight excluding hydrogens is 1010 g/mol. The van der Waals surface area contributed by atoms with E-state index in [1.165, 1.54) is 17.7 Å². The Morgan fingerprint density at radius 2 is 1.18 bits per heavy atom. The minimum atomic E-state index is -4.59. The summed E-state index contributed by atoms with van der Waals surface area (Å²) >= 11 is 0. The lowest BCUT2D eigenvalue weighted by Crippen LogP contribution is -2.41. The number of nitrogens with zero attached hydrogens (tertiary/aromatic N) is 10. The first-order chi connectivity index (χ1) is 37.2. The molecule has 78 heavy (non-hydrogen) atoms. The number of hydrazone groups is 1. The van der Waals surface area contributed by atoms with Crippen molar-refractivity contribution in [1.82, 2.24) is 55.0 Å². The number of morpholine rings is 1. The number of hydrogen-bond donors (Lipinski definition) is 4. The zero-order valence-electron chi connectivity index (χ0n) is 46.4. The van der Waals surface area contributed by atoms with Crippen LogP contribution in [0.2, 0.25) is 0 Å². The molecule has 2 saturated heterocycles. The zero-order valence-corrected chi connectivity index (χ0v) is 46.4. The maximum Gasteiger partial charge on any atom is 0.405 e. The fourth-order valence-corrected chi connectivity index (χ4v) is 8.61. The summed E-state index contributed by atoms with van der Waals surface area (Å²) in [4.78, 5) is 30.4. The Hall–Kier alpha value is -7.56. The van der Waals surface area contributed by atoms with Crippen molar-refractivity contribution in [2.24, 2.45) is 5.10 Å². The van der Waals surface area contributed by atoms with Crippen LogP contribution in [0.3, 0.4) is 0 Å². The van der Waals surface area contributed by atoms with E-state index in [4.69, 9.17) is 14.2 Å². The minimum Gasteiger partial charge on any atom is -0.507 e. The number of aromatic nitrogens is 6. The highest BCUT2D eigenvalue weighted by Crippen LogP contribution is 2.40. The quantitative estimate of drug-likeness (QED) is 0.0671. The largest absolute Gasteiger partial charge is 0.507 e. The number of nitrogens with one attached hydrogen (secondary N) is 2. The molecular formula is C56H73F3N12O7. The smallest absolute Gasteiger partial charge is 0.405 e. The van der Waals surface area contributed by atoms with Crippen LogP contribution in [0.5, 0.6) is 23.0 Å². The Bertz CT molecular complexity index is 2960. The molecule has 2 aliphatic heterocycles. The highest BCUT2D eigenvalue weighted by molar-refractivity contribution is 5.93. The first-order valence-electron chi connectivity index (χ1n) is 26.1. The first-order valence-corrected chi connectivity index (χ1v) is 26.1. The number of aromatic hydroxyl groups is 2. The van der Waals surface area contributed by atoms with Crippen molar-refractivity contribution in [3.8, 4) is 57.1 Å². The highest BCUT2D eigenvalue weighted by Gasteiger charge is 2.31. The molecule has 0 saturated carbocycles. The summed E-state index contributed by atoms with van der Waals surface area (Å²) in [5.41, 5.74) is 5.51. The normalized spacial score (nSPS) is 14.3. The number of methoxy groups -OCH3 is 2. The molecule has 4 N–H and O–H groups in total. The molecule has 0 spiro atoms. The maximum atomic E-state index is 13.1. The van der Waals surface area contributed by atoms with Gasteiger partial charge in [0, 0.05) is 75.4 Å². The summed E-state index contributed by atoms with van der Waals surface area (Å²) in [6.45, 7) is 21.7. The fourth-order valence-electron chi connectivity index (χ4n) is 8.61. The average molecular weight is 1080 g/mol. The zero-order chi connectivity index (χ0) is 56.8. The Morgan fingerprint density at radius 1 is 0.705 bits per heavy atom. The fraction of sp³-hybridized carbons (Fsp3) is 0.446. The van der Waals surface area contributed by atoms with Crippen molar-refractivity contribution in [3.63, 3.8) is 0 Å². The van der Waals surface area contributed by atoms with Gasteiger partial charge in [-0.2, -0.15) is 18.3 Å². The van der Waals surface area contributed by atoms with E-state index in [0.717, 1.165) is 61.5 Å². The van der Waals surface area contributed by atoms with Crippen LogP contribution in [0.1, 0.15) is 111 Å². The number of benzene rings is 4. The second-order valence-corrected chi connectivity index (χ2v) is 19.5. The van der Waals surface area contributed by atoms with Crippen LogP contribution in [0.15, 0.2) is 77.9 Å². The van der Waals surface area contributed by atoms with Crippen LogP contribution in [-0.2, 0) is 11.3 Å². The van der Waals surface area contributed by atoms with Crippen LogP contribution in [0.4, 0.5) is 13.2 Å². The van der Waals surface area contributed by atoms with Gasteiger partial charge in [0.2, 0.25) is 11.6 Å². The SMILES string of the molecule is CC.COc1cc(O)c(-c2nnc(C(=O)NC(C)C)n2-c2ccc(/C=N/N3CCN(C)CC3)cc2)cc1C(C)C.COc1cc(O)c(-c2nnc(C(=O)NCC(F)(F)F)n2-c2ccc(CN3CCOCC3)cc2)cc1C(C)C. The number of hydrogen-bond acceptors (Lipinski definition) is 15. The van der Waals surface area contributed by atoms with E-state index in [-0.39, 0.29) is 58.3 Å². The number of carbonyl (C=O) groups excluding carboxylic acids is 2. The summed E-state index contributed by atoms with van der Waals surface area (Å²) in [5, 5.41) is 49.8. The van der Waals surface area contributed by atoms with Crippen LogP contribution in [0.25, 0.3) is 34.2 Å². The lowest BCUT2D eigenvalue weighted by atomic mass is 9.98. The van der Waals surface area contributed by atoms with Crippen molar-refractivity contribution in [2.45, 2.75) is 86.0 Å². The molecule has 0 aliphatic carbocycles. The van der Waals surface area contributed by atoms with E-state index in [9.17, 15) is 33.0 Å². The van der Waals surface area contributed by atoms with Gasteiger partial charge < -0.3 is 40.0 Å². The third kappa shape index (κ3) is 15.1. The molecule has 4 heterocycles. The molecule has 2 fully saturated rings. The monoisotopic (exact) mass is 1080 g/mol. The van der Waals surface area contributed by atoms with Gasteiger partial charge in [-0.1, -0.05) is 65.8 Å². The van der Waals surface area contributed by atoms with Crippen molar-refractivity contribution in [1.29, 1.82) is 0 Å². The van der Waals surface area contributed by atoms with Crippen LogP contribution < -0.4 is 20.1 Å². The standard InChI is InChI=1S/C28H37N7O3.C26H30F3N5O4.C2H6/c1-18(2)22-15-23(24(36)16-25(22)38-6)26-31-32-27(28(37)30-19(3)4)35(26)21-9-7-20(8-10-21)17-29-34-13-11-33(5)12-14-34;1-16(2)19-12-20(21(35)13-22(19)37-3)23-31-32-24(25(36)30-15-26(27,28)29)34(23)18-6-4-17(5-7-18)14-33-8-10-38-11-9-33;1-2/h7-10,15-19,36H,11-14H2,1-6H3,(H,30,37);4-7,12-13,16,35H,8-11,14-15H2,1-3H3,(H,30,36);1-2H3/b29-17+;;. The Balaban J connectivity index is 0.000000245. The van der Waals surface area contributed by atoms with Crippen LogP contribution in [0, 0.1) is 0 Å². The summed E-state index contributed by atoms with van der Waals surface area (Å²) in [5.74, 6) is -0.0925. The van der Waals surface area contributed by atoms with Crippen LogP contribution in [-0.4, -0.2) is 165 Å². The highest BCUT2D eigenvalue weighted by atomic mass is 19.4. The molecule has 420 valence electrons. The summed E-state index contributed by atoms with van der Waals surface area (Å²) in [6, 6.07) is 21.4. The molecule has 6 aromatic rings. The average Bonchev–Trinajstić information content (AvgIpc) is 4.07. The second kappa shape index (κ2) is 27.2. The molecule has 2 aromatic heterocycles. The third-order valence-electron chi connectivity index (χ3n) is 12.7. The number of rotatable bonds is 16. The molecule has 8 rings (SSSR count). The van der Waals surface area contributed by atoms with Gasteiger partial charge in [0.25, 0.3) is 11.8 Å². The maximum absolute atomic E-state index is 13.1. The van der Waals surface area contributed by atoms with Gasteiger partial charge >= 0.3 is 6.18 Å². The summed E-state index contributed by atoms with van der Waals surface area (Å²) in [6.07, 6.45) is -2.75. The van der Waals surface area contributed by atoms with Gasteiger partial charge in [0.05, 0.1) is 44.8 Å². The van der Waals surface area contributed by atoms with Crippen LogP contribution >= 0.6 is 0 Å². The first kappa shape index (κ1) is 59.7. The number of phenolic OH excluding ortho intramolecular Hbond substituents is 2. The molecule has 4 aromatic carbocycles. The number of phenols is 2. The number of piperazine rings is 1. The molecule has 0 unspecified atom stereocenters. The molecule has 0 atom stereocenters. The van der Waals surface area contributed by atoms with E-state index in [2.05, 4.69) is 52.7 Å². The van der Waals surface area contributed by atoms with Gasteiger partial charge in [-0.3, -0.25) is 28.6 Å². The molecule has 0 radical (unpaired) electrons. The number of amides is 2. The van der Waals surface area contributed by atoms with Gasteiger partial charge in [0.1, 0.15) is 29.5 Å². The second-order valence-electron chi connectivity index (χ2n) is 19.5. The Kier molecular flexibility index (Phi) is 20.8. The third-order valence-corrected chi connectivity index (χ3v) is 12.7. The molecule has 2 amide bonds. The minimum absolute atomic E-state index is 0.00773. The number of ether oxygens (including phenoxy) is 3. The predicted octanol–water partition coefficient (Wildman–Crippen LogP) is 8.41. The van der Waals surface area contributed by atoms with E-state index < -0.39 is 18.6 Å². The topological polar surface area (TPSA) is 210 Å². The molecule has 2 aliphatic rings.